The van der Waals surface area contributed by atoms with E-state index in [1.807, 2.05) is 19.9 Å². The van der Waals surface area contributed by atoms with E-state index in [2.05, 4.69) is 176 Å². The molecule has 0 saturated carbocycles. The summed E-state index contributed by atoms with van der Waals surface area (Å²) in [6.07, 6.45) is 0. The van der Waals surface area contributed by atoms with Crippen LogP contribution in [0.2, 0.25) is 0 Å². The Morgan fingerprint density at radius 1 is 0.375 bits per heavy atom. The van der Waals surface area contributed by atoms with Crippen LogP contribution in [0.4, 0.5) is 0 Å². The highest BCUT2D eigenvalue weighted by molar-refractivity contribution is 5.36. The van der Waals surface area contributed by atoms with Crippen molar-refractivity contribution in [2.45, 2.75) is 164 Å². The zero-order valence-corrected chi connectivity index (χ0v) is 31.4. The first-order valence-electron chi connectivity index (χ1n) is 16.9. The summed E-state index contributed by atoms with van der Waals surface area (Å²) in [5, 5.41) is 0. The molecule has 0 amide bonds. The fourth-order valence-electron chi connectivity index (χ4n) is 5.36. The van der Waals surface area contributed by atoms with Gasteiger partial charge in [0.2, 0.25) is 0 Å². The Morgan fingerprint density at radius 2 is 0.812 bits per heavy atom. The third-order valence-electron chi connectivity index (χ3n) is 7.91. The van der Waals surface area contributed by atoms with Gasteiger partial charge in [0.25, 0.3) is 0 Å². The molecule has 0 aliphatic carbocycles. The Kier molecular flexibility index (Phi) is 32.7. The van der Waals surface area contributed by atoms with Gasteiger partial charge in [-0.1, -0.05) is 189 Å². The molecule has 274 valence electrons. The third kappa shape index (κ3) is 19.6. The van der Waals surface area contributed by atoms with Crippen LogP contribution in [0.15, 0.2) is 84.9 Å². The van der Waals surface area contributed by atoms with Crippen LogP contribution in [-0.2, 0) is 0 Å². The van der Waals surface area contributed by atoms with Crippen LogP contribution in [-0.4, -0.2) is 0 Å². The second-order valence-corrected chi connectivity index (χ2v) is 13.0. The summed E-state index contributed by atoms with van der Waals surface area (Å²) in [6.45, 7) is 34.9. The maximum Gasteiger partial charge on any atom is -0.0214 e. The van der Waals surface area contributed by atoms with E-state index in [9.17, 15) is 0 Å². The van der Waals surface area contributed by atoms with Crippen molar-refractivity contribution < 1.29 is 0 Å². The van der Waals surface area contributed by atoms with Gasteiger partial charge in [-0.15, -0.1) is 0 Å². The maximum absolute atomic E-state index is 2.28. The minimum Gasteiger partial charge on any atom is -0.0776 e. The Morgan fingerprint density at radius 3 is 1.15 bits per heavy atom. The number of hydrogen-bond acceptors (Lipinski definition) is 0. The van der Waals surface area contributed by atoms with Gasteiger partial charge in [0.05, 0.1) is 0 Å². The molecule has 4 aromatic rings. The van der Waals surface area contributed by atoms with E-state index in [-0.39, 0.29) is 29.7 Å². The van der Waals surface area contributed by atoms with Gasteiger partial charge in [0, 0.05) is 0 Å². The minimum atomic E-state index is 0. The van der Waals surface area contributed by atoms with Gasteiger partial charge in [-0.3, -0.25) is 0 Å². The summed E-state index contributed by atoms with van der Waals surface area (Å²) in [4.78, 5) is 0. The number of aryl methyl sites for hydroxylation is 5. The molecule has 0 aliphatic rings. The van der Waals surface area contributed by atoms with Crippen LogP contribution in [0, 0.1) is 41.5 Å². The normalized spacial score (nSPS) is 9.33. The second kappa shape index (κ2) is 28.9. The van der Waals surface area contributed by atoms with Crippen LogP contribution in [0.3, 0.4) is 0 Å². The van der Waals surface area contributed by atoms with E-state index < -0.39 is 0 Å². The first kappa shape index (κ1) is 54.3. The van der Waals surface area contributed by atoms with Crippen LogP contribution in [0.1, 0.15) is 178 Å². The van der Waals surface area contributed by atoms with Crippen molar-refractivity contribution in [1.29, 1.82) is 0 Å². The van der Waals surface area contributed by atoms with E-state index in [4.69, 9.17) is 0 Å². The fraction of sp³-hybridized carbons (Fsp3) is 0.500. The lowest BCUT2D eigenvalue weighted by Crippen LogP contribution is -1.94. The predicted octanol–water partition coefficient (Wildman–Crippen LogP) is 16.7. The lowest BCUT2D eigenvalue weighted by Gasteiger charge is -2.12. The van der Waals surface area contributed by atoms with Crippen LogP contribution in [0.25, 0.3) is 0 Å². The number of hydrogen-bond donors (Lipinski definition) is 0. The van der Waals surface area contributed by atoms with Crippen LogP contribution >= 0.6 is 0 Å². The van der Waals surface area contributed by atoms with E-state index in [0.717, 1.165) is 0 Å². The van der Waals surface area contributed by atoms with Crippen LogP contribution in [0.5, 0.6) is 0 Å². The molecular weight excluding hydrogens is 577 g/mol. The molecular formula is C48H82. The van der Waals surface area contributed by atoms with E-state index in [1.165, 1.54) is 55.6 Å². The third-order valence-corrected chi connectivity index (χ3v) is 7.91. The molecule has 4 aromatic carbocycles. The van der Waals surface area contributed by atoms with Gasteiger partial charge in [-0.25, -0.2) is 0 Å². The smallest absolute Gasteiger partial charge is 0.0214 e. The molecule has 0 aromatic heterocycles. The topological polar surface area (TPSA) is 0 Å². The highest BCUT2D eigenvalue weighted by atomic mass is 14.1. The number of benzene rings is 4. The average molecular weight is 659 g/mol. The summed E-state index contributed by atoms with van der Waals surface area (Å²) in [7, 11) is 0. The van der Waals surface area contributed by atoms with Gasteiger partial charge in [0.15, 0.2) is 0 Å². The Labute approximate surface area is 303 Å². The standard InChI is InChI=1S/3C11H16.C9H12.C2H6.4CH4/c1-8(2)11-7-9(3)5-6-10(11)4;1-8(2)11-7-5-6-9(3)10(11)4;1-8(2)11-9(3)6-5-7-10(11)4;1-8(2)9-6-4-3-5-7-9;1-2;;;;/h3*5-8H,1-4H3;3-8H,1-2H3;1-2H3;4*1H4. The molecule has 0 unspecified atom stereocenters. The second-order valence-electron chi connectivity index (χ2n) is 13.0. The molecule has 4 rings (SSSR count). The predicted molar refractivity (Wildman–Crippen MR) is 229 cm³/mol. The molecule has 0 saturated heterocycles. The summed E-state index contributed by atoms with van der Waals surface area (Å²) in [6, 6.07) is 30.2. The van der Waals surface area contributed by atoms with E-state index in [1.54, 1.807) is 0 Å². The van der Waals surface area contributed by atoms with Crippen molar-refractivity contribution in [2.75, 3.05) is 0 Å². The van der Waals surface area contributed by atoms with Crippen molar-refractivity contribution in [2.24, 2.45) is 0 Å². The maximum atomic E-state index is 2.28. The molecule has 0 N–H and O–H groups in total. The molecule has 0 radical (unpaired) electrons. The molecule has 48 heavy (non-hydrogen) atoms. The lowest BCUT2D eigenvalue weighted by molar-refractivity contribution is 0.846. The summed E-state index contributed by atoms with van der Waals surface area (Å²) >= 11 is 0. The van der Waals surface area contributed by atoms with Crippen molar-refractivity contribution in [1.82, 2.24) is 0 Å². The van der Waals surface area contributed by atoms with Gasteiger partial charge in [-0.2, -0.15) is 0 Å². The van der Waals surface area contributed by atoms with Gasteiger partial charge >= 0.3 is 0 Å². The van der Waals surface area contributed by atoms with E-state index in [0.29, 0.717) is 23.7 Å². The van der Waals surface area contributed by atoms with Gasteiger partial charge in [-0.05, 0) is 115 Å². The van der Waals surface area contributed by atoms with Crippen molar-refractivity contribution >= 4 is 0 Å². The monoisotopic (exact) mass is 659 g/mol. The first-order valence-corrected chi connectivity index (χ1v) is 16.9. The lowest BCUT2D eigenvalue weighted by atomic mass is 9.94. The summed E-state index contributed by atoms with van der Waals surface area (Å²) < 4.78 is 0. The van der Waals surface area contributed by atoms with Crippen molar-refractivity contribution in [3.05, 3.63) is 141 Å². The Hall–Kier alpha value is -3.12. The summed E-state index contributed by atoms with van der Waals surface area (Å²) in [5.41, 5.74) is 14.3. The van der Waals surface area contributed by atoms with Crippen molar-refractivity contribution in [3.8, 4) is 0 Å². The summed E-state index contributed by atoms with van der Waals surface area (Å²) in [5.74, 6) is 2.60. The first-order chi connectivity index (χ1) is 20.7. The Balaban J connectivity index is -0.000000164. The van der Waals surface area contributed by atoms with Gasteiger partial charge in [0.1, 0.15) is 0 Å². The zero-order chi connectivity index (χ0) is 34.0. The fourth-order valence-corrected chi connectivity index (χ4v) is 5.36. The molecule has 0 heterocycles. The SMILES string of the molecule is C.C.C.C.CC.CC(C)c1ccccc1.Cc1ccc(C)c(C(C)C)c1.Cc1cccc(C(C)C)c1C.Cc1cccc(C)c1C(C)C. The largest absolute Gasteiger partial charge is 0.0776 e. The molecule has 0 atom stereocenters. The number of rotatable bonds is 4. The quantitative estimate of drug-likeness (QED) is 0.205. The molecule has 0 fully saturated rings. The highest BCUT2D eigenvalue weighted by Crippen LogP contribution is 2.23. The minimum absolute atomic E-state index is 0. The molecule has 0 aliphatic heterocycles. The van der Waals surface area contributed by atoms with E-state index >= 15 is 0 Å². The molecule has 0 bridgehead atoms. The van der Waals surface area contributed by atoms with Crippen LogP contribution < -0.4 is 0 Å². The molecule has 0 heteroatoms. The Bertz CT molecular complexity index is 1290. The highest BCUT2D eigenvalue weighted by Gasteiger charge is 2.05. The zero-order valence-electron chi connectivity index (χ0n) is 31.4. The molecule has 0 spiro atoms. The average Bonchev–Trinajstić information content (AvgIpc) is 2.98. The van der Waals surface area contributed by atoms with Crippen molar-refractivity contribution in [3.63, 3.8) is 0 Å². The molecule has 0 nitrogen and oxygen atoms in total. The van der Waals surface area contributed by atoms with Gasteiger partial charge < -0.3 is 0 Å².